The molecule has 4 aliphatic carbocycles. The zero-order chi connectivity index (χ0) is 26.1. The third kappa shape index (κ3) is 3.51. The number of fused-ring (bicyclic) bond motifs is 3. The van der Waals surface area contributed by atoms with E-state index in [1.54, 1.807) is 0 Å². The van der Waals surface area contributed by atoms with Gasteiger partial charge in [-0.3, -0.25) is 4.79 Å². The average molecular weight is 509 g/mol. The van der Waals surface area contributed by atoms with Crippen molar-refractivity contribution < 1.29 is 9.53 Å². The van der Waals surface area contributed by atoms with Gasteiger partial charge in [-0.05, 0) is 103 Å². The fraction of sp³-hybridized carbons (Fsp3) is 0.583. The summed E-state index contributed by atoms with van der Waals surface area (Å²) in [6, 6.07) is 21.7. The monoisotopic (exact) mass is 508 g/mol. The van der Waals surface area contributed by atoms with Gasteiger partial charge in [0.25, 0.3) is 0 Å². The Bertz CT molecular complexity index is 1190. The van der Waals surface area contributed by atoms with Crippen LogP contribution >= 0.6 is 0 Å². The lowest BCUT2D eigenvalue weighted by atomic mass is 9.41. The lowest BCUT2D eigenvalue weighted by Crippen LogP contribution is -2.74. The van der Waals surface area contributed by atoms with E-state index in [0.29, 0.717) is 41.5 Å². The van der Waals surface area contributed by atoms with Crippen LogP contribution in [0.15, 0.2) is 66.7 Å². The third-order valence-electron chi connectivity index (χ3n) is 12.3. The second-order valence-corrected chi connectivity index (χ2v) is 14.2. The van der Waals surface area contributed by atoms with E-state index in [1.165, 1.54) is 55.2 Å². The number of carbonyl (C=O) groups excluding carboxylic acids is 1. The van der Waals surface area contributed by atoms with Gasteiger partial charge in [-0.25, -0.2) is 0 Å². The molecule has 4 bridgehead atoms. The number of carbonyl (C=O) groups is 1. The summed E-state index contributed by atoms with van der Waals surface area (Å²) in [5, 5.41) is 0. The van der Waals surface area contributed by atoms with Gasteiger partial charge in [0.15, 0.2) is 5.78 Å². The average Bonchev–Trinajstić information content (AvgIpc) is 3.27. The molecule has 200 valence electrons. The minimum absolute atomic E-state index is 0.0653. The molecule has 2 nitrogen and oxygen atoms in total. The molecule has 4 saturated carbocycles. The van der Waals surface area contributed by atoms with Gasteiger partial charge in [0.2, 0.25) is 0 Å². The van der Waals surface area contributed by atoms with Crippen LogP contribution in [0.5, 0.6) is 0 Å². The molecule has 6 fully saturated rings. The molecule has 0 N–H and O–H groups in total. The number of ether oxygens (including phenoxy) is 1. The first-order chi connectivity index (χ1) is 18.3. The van der Waals surface area contributed by atoms with Crippen molar-refractivity contribution in [3.8, 4) is 0 Å². The Kier molecular flexibility index (Phi) is 5.82. The van der Waals surface area contributed by atoms with Crippen LogP contribution in [0.3, 0.4) is 0 Å². The molecule has 0 radical (unpaired) electrons. The molecule has 1 spiro atoms. The van der Waals surface area contributed by atoms with Crippen molar-refractivity contribution in [2.75, 3.05) is 0 Å². The summed E-state index contributed by atoms with van der Waals surface area (Å²) < 4.78 is 6.93. The second kappa shape index (κ2) is 8.91. The predicted octanol–water partition coefficient (Wildman–Crippen LogP) is 8.50. The first kappa shape index (κ1) is 24.8. The van der Waals surface area contributed by atoms with Gasteiger partial charge in [0.1, 0.15) is 5.60 Å². The zero-order valence-electron chi connectivity index (χ0n) is 23.5. The van der Waals surface area contributed by atoms with Crippen LogP contribution in [-0.4, -0.2) is 17.5 Å². The fourth-order valence-corrected chi connectivity index (χ4v) is 10.3. The molecule has 1 unspecified atom stereocenters. The van der Waals surface area contributed by atoms with E-state index >= 15 is 0 Å². The number of benzene rings is 2. The van der Waals surface area contributed by atoms with Gasteiger partial charge >= 0.3 is 0 Å². The molecule has 6 aliphatic rings. The third-order valence-corrected chi connectivity index (χ3v) is 12.3. The SMILES string of the molecule is C[C@@H](CC=C(c1ccccc1)c1ccccc1)[C@H]1C[C@@H]2[C@@H]3CC[C@@H]4C[C@H]5CCC4(C)[C@@]3(O5)C(=O)C[C@]2(C)C1. The Morgan fingerprint density at radius 2 is 1.63 bits per heavy atom. The first-order valence-electron chi connectivity index (χ1n) is 15.4. The molecule has 8 rings (SSSR count). The smallest absolute Gasteiger partial charge is 0.166 e. The van der Waals surface area contributed by atoms with E-state index in [4.69, 9.17) is 4.74 Å². The molecule has 9 atom stereocenters. The van der Waals surface area contributed by atoms with Crippen molar-refractivity contribution in [1.82, 2.24) is 0 Å². The van der Waals surface area contributed by atoms with Gasteiger partial charge in [-0.2, -0.15) is 0 Å². The van der Waals surface area contributed by atoms with Crippen LogP contribution in [-0.2, 0) is 9.53 Å². The quantitative estimate of drug-likeness (QED) is 0.405. The number of ketones is 1. The highest BCUT2D eigenvalue weighted by molar-refractivity contribution is 5.91. The van der Waals surface area contributed by atoms with Gasteiger partial charge in [0.05, 0.1) is 6.10 Å². The lowest BCUT2D eigenvalue weighted by Gasteiger charge is -2.70. The summed E-state index contributed by atoms with van der Waals surface area (Å²) in [4.78, 5) is 14.2. The zero-order valence-corrected chi connectivity index (χ0v) is 23.5. The Labute approximate surface area is 229 Å². The van der Waals surface area contributed by atoms with Crippen LogP contribution in [0.1, 0.15) is 89.7 Å². The summed E-state index contributed by atoms with van der Waals surface area (Å²) in [6.07, 6.45) is 13.2. The molecule has 38 heavy (non-hydrogen) atoms. The number of hydrogen-bond acceptors (Lipinski definition) is 2. The normalized spacial score (nSPS) is 41.8. The number of allylic oxidation sites excluding steroid dienone is 1. The summed E-state index contributed by atoms with van der Waals surface area (Å²) in [5.74, 6) is 3.48. The molecule has 0 aromatic heterocycles. The largest absolute Gasteiger partial charge is 0.363 e. The van der Waals surface area contributed by atoms with Crippen LogP contribution in [0.4, 0.5) is 0 Å². The lowest BCUT2D eigenvalue weighted by molar-refractivity contribution is -0.306. The van der Waals surface area contributed by atoms with E-state index in [1.807, 2.05) is 0 Å². The van der Waals surface area contributed by atoms with Crippen LogP contribution in [0.25, 0.3) is 5.57 Å². The van der Waals surface area contributed by atoms with Crippen molar-refractivity contribution in [2.24, 2.45) is 40.4 Å². The summed E-state index contributed by atoms with van der Waals surface area (Å²) >= 11 is 0. The summed E-state index contributed by atoms with van der Waals surface area (Å²) in [6.45, 7) is 7.36. The van der Waals surface area contributed by atoms with E-state index in [2.05, 4.69) is 87.5 Å². The van der Waals surface area contributed by atoms with Crippen molar-refractivity contribution in [1.29, 1.82) is 0 Å². The van der Waals surface area contributed by atoms with Gasteiger partial charge < -0.3 is 4.74 Å². The second-order valence-electron chi connectivity index (χ2n) is 14.2. The van der Waals surface area contributed by atoms with E-state index in [-0.39, 0.29) is 10.8 Å². The first-order valence-corrected chi connectivity index (χ1v) is 15.4. The molecule has 2 saturated heterocycles. The molecule has 2 aliphatic heterocycles. The highest BCUT2D eigenvalue weighted by Crippen LogP contribution is 2.72. The highest BCUT2D eigenvalue weighted by atomic mass is 16.5. The van der Waals surface area contributed by atoms with E-state index < -0.39 is 5.60 Å². The summed E-state index contributed by atoms with van der Waals surface area (Å²) in [7, 11) is 0. The molecule has 2 heteroatoms. The number of Topliss-reactive ketones (excluding diaryl/α,β-unsaturated/α-hetero) is 1. The van der Waals surface area contributed by atoms with Crippen molar-refractivity contribution >= 4 is 11.4 Å². The molecule has 2 aromatic rings. The molecular formula is C36H44O2. The Hall–Kier alpha value is -2.19. The Morgan fingerprint density at radius 1 is 0.947 bits per heavy atom. The fourth-order valence-electron chi connectivity index (χ4n) is 10.3. The maximum absolute atomic E-state index is 14.2. The summed E-state index contributed by atoms with van der Waals surface area (Å²) in [5.41, 5.74) is 3.65. The van der Waals surface area contributed by atoms with E-state index in [0.717, 1.165) is 19.3 Å². The van der Waals surface area contributed by atoms with Crippen LogP contribution < -0.4 is 0 Å². The van der Waals surface area contributed by atoms with Crippen molar-refractivity contribution in [3.63, 3.8) is 0 Å². The molecule has 2 aromatic carbocycles. The minimum Gasteiger partial charge on any atom is -0.363 e. The standard InChI is InChI=1S/C36H44O2/c1-24(14-16-30(25-10-6-4-7-11-25)26-12-8-5-9-13-26)27-20-32-31-17-15-28-21-29-18-19-35(28,3)36(31,38-29)33(37)23-34(32,2)22-27/h4-13,16,24,27-29,31-32H,14-15,17-23H2,1-3H3/t24-,27-,28+,29+,31-,32+,34-,35?,36-/m0/s1. The topological polar surface area (TPSA) is 26.3 Å². The number of hydrogen-bond donors (Lipinski definition) is 0. The van der Waals surface area contributed by atoms with Crippen molar-refractivity contribution in [2.45, 2.75) is 90.3 Å². The van der Waals surface area contributed by atoms with Crippen molar-refractivity contribution in [3.05, 3.63) is 77.9 Å². The van der Waals surface area contributed by atoms with Crippen LogP contribution in [0.2, 0.25) is 0 Å². The Balaban J connectivity index is 1.15. The van der Waals surface area contributed by atoms with Gasteiger partial charge in [-0.1, -0.05) is 87.5 Å². The number of rotatable bonds is 5. The van der Waals surface area contributed by atoms with Gasteiger partial charge in [-0.15, -0.1) is 0 Å². The molecule has 0 amide bonds. The van der Waals surface area contributed by atoms with Crippen LogP contribution in [0, 0.1) is 40.4 Å². The van der Waals surface area contributed by atoms with E-state index in [9.17, 15) is 4.79 Å². The minimum atomic E-state index is -0.479. The maximum Gasteiger partial charge on any atom is 0.166 e. The molecule has 2 heterocycles. The Morgan fingerprint density at radius 3 is 2.32 bits per heavy atom. The molecular weight excluding hydrogens is 464 g/mol. The predicted molar refractivity (Wildman–Crippen MR) is 153 cm³/mol. The van der Waals surface area contributed by atoms with Gasteiger partial charge in [0, 0.05) is 11.8 Å². The maximum atomic E-state index is 14.2. The highest BCUT2D eigenvalue weighted by Gasteiger charge is 2.74.